The van der Waals surface area contributed by atoms with Gasteiger partial charge < -0.3 is 4.74 Å². The molecule has 0 unspecified atom stereocenters. The van der Waals surface area contributed by atoms with Gasteiger partial charge in [0.25, 0.3) is 11.5 Å². The van der Waals surface area contributed by atoms with E-state index in [4.69, 9.17) is 4.74 Å². The number of rotatable bonds is 5. The molecule has 0 saturated carbocycles. The van der Waals surface area contributed by atoms with Gasteiger partial charge in [0.05, 0.1) is 30.4 Å². The van der Waals surface area contributed by atoms with E-state index in [1.807, 2.05) is 25.1 Å². The van der Waals surface area contributed by atoms with Crippen molar-refractivity contribution in [2.75, 3.05) is 26.3 Å². The van der Waals surface area contributed by atoms with Crippen LogP contribution < -0.4 is 11.0 Å². The maximum Gasteiger partial charge on any atom is 0.292 e. The number of aromatic amines is 1. The number of carbonyl (C=O) groups is 1. The number of aromatic nitrogens is 2. The molecule has 2 aromatic carbocycles. The van der Waals surface area contributed by atoms with Crippen LogP contribution in [0.1, 0.15) is 29.0 Å². The smallest absolute Gasteiger partial charge is 0.292 e. The van der Waals surface area contributed by atoms with Crippen LogP contribution in [-0.4, -0.2) is 53.0 Å². The number of nitrogens with zero attached hydrogens (tertiary/aromatic N) is 3. The van der Waals surface area contributed by atoms with Gasteiger partial charge in [0, 0.05) is 18.5 Å². The van der Waals surface area contributed by atoms with E-state index in [-0.39, 0.29) is 17.3 Å². The fraction of sp³-hybridized carbons (Fsp3) is 0.273. The first-order chi connectivity index (χ1) is 14.6. The van der Waals surface area contributed by atoms with Crippen molar-refractivity contribution in [2.24, 2.45) is 5.10 Å². The zero-order valence-corrected chi connectivity index (χ0v) is 16.7. The molecule has 1 aliphatic rings. The number of benzene rings is 2. The zero-order chi connectivity index (χ0) is 20.9. The molecule has 2 heterocycles. The maximum atomic E-state index is 12.8. The number of carbonyl (C=O) groups excluding carboxylic acids is 1. The number of hydrazone groups is 1. The fourth-order valence-electron chi connectivity index (χ4n) is 3.73. The summed E-state index contributed by atoms with van der Waals surface area (Å²) in [6.07, 6.45) is 0. The number of hydrogen-bond donors (Lipinski definition) is 2. The van der Waals surface area contributed by atoms with Crippen LogP contribution in [0.25, 0.3) is 10.8 Å². The molecule has 8 heteroatoms. The highest BCUT2D eigenvalue weighted by atomic mass is 16.5. The molecule has 1 fully saturated rings. The monoisotopic (exact) mass is 405 g/mol. The highest BCUT2D eigenvalue weighted by molar-refractivity contribution is 6.05. The van der Waals surface area contributed by atoms with Gasteiger partial charge in [-0.3, -0.25) is 14.5 Å². The number of H-pyrrole nitrogens is 1. The summed E-state index contributed by atoms with van der Waals surface area (Å²) in [5, 5.41) is 11.6. The topological polar surface area (TPSA) is 99.7 Å². The largest absolute Gasteiger partial charge is 0.379 e. The summed E-state index contributed by atoms with van der Waals surface area (Å²) in [5.74, 6) is -0.476. The SMILES string of the molecule is C/C(=N/NC(=O)c1n[nH]c(=O)c2ccccc12)[C@@H](c1ccccc1)N1CCOCC1. The first-order valence-corrected chi connectivity index (χ1v) is 9.84. The van der Waals surface area contributed by atoms with Crippen molar-refractivity contribution in [3.05, 3.63) is 76.2 Å². The van der Waals surface area contributed by atoms with Crippen LogP contribution >= 0.6 is 0 Å². The number of nitrogens with one attached hydrogen (secondary N) is 2. The van der Waals surface area contributed by atoms with Crippen LogP contribution in [0.5, 0.6) is 0 Å². The molecule has 30 heavy (non-hydrogen) atoms. The maximum absolute atomic E-state index is 12.8. The number of morpholine rings is 1. The van der Waals surface area contributed by atoms with Gasteiger partial charge in [-0.15, -0.1) is 0 Å². The molecule has 0 bridgehead atoms. The normalized spacial score (nSPS) is 16.4. The van der Waals surface area contributed by atoms with Crippen molar-refractivity contribution in [1.82, 2.24) is 20.5 Å². The quantitative estimate of drug-likeness (QED) is 0.500. The lowest BCUT2D eigenvalue weighted by molar-refractivity contribution is 0.0285. The molecule has 3 aromatic rings. The average Bonchev–Trinajstić information content (AvgIpc) is 2.79. The van der Waals surface area contributed by atoms with E-state index in [1.165, 1.54) is 0 Å². The summed E-state index contributed by atoms with van der Waals surface area (Å²) in [6.45, 7) is 4.79. The molecule has 1 aliphatic heterocycles. The number of hydrogen-bond acceptors (Lipinski definition) is 6. The predicted molar refractivity (Wildman–Crippen MR) is 115 cm³/mol. The summed E-state index contributed by atoms with van der Waals surface area (Å²) < 4.78 is 5.48. The minimum atomic E-state index is -0.476. The van der Waals surface area contributed by atoms with Crippen molar-refractivity contribution < 1.29 is 9.53 Å². The molecule has 8 nitrogen and oxygen atoms in total. The highest BCUT2D eigenvalue weighted by Crippen LogP contribution is 2.23. The molecule has 154 valence electrons. The van der Waals surface area contributed by atoms with Gasteiger partial charge >= 0.3 is 0 Å². The Morgan fingerprint density at radius 3 is 2.50 bits per heavy atom. The Kier molecular flexibility index (Phi) is 5.97. The molecule has 0 spiro atoms. The Morgan fingerprint density at radius 1 is 1.10 bits per heavy atom. The molecule has 0 radical (unpaired) electrons. The summed E-state index contributed by atoms with van der Waals surface area (Å²) in [6, 6.07) is 16.9. The second kappa shape index (κ2) is 8.98. The summed E-state index contributed by atoms with van der Waals surface area (Å²) in [7, 11) is 0. The van der Waals surface area contributed by atoms with Gasteiger partial charge in [-0.1, -0.05) is 48.5 Å². The zero-order valence-electron chi connectivity index (χ0n) is 16.7. The van der Waals surface area contributed by atoms with E-state index < -0.39 is 5.91 Å². The molecule has 4 rings (SSSR count). The predicted octanol–water partition coefficient (Wildman–Crippen LogP) is 2.10. The summed E-state index contributed by atoms with van der Waals surface area (Å²) in [5.41, 5.74) is 4.25. The van der Waals surface area contributed by atoms with Crippen LogP contribution in [0, 0.1) is 0 Å². The van der Waals surface area contributed by atoms with Gasteiger partial charge in [0.1, 0.15) is 0 Å². The lowest BCUT2D eigenvalue weighted by Crippen LogP contribution is -2.42. The number of amides is 1. The Hall–Kier alpha value is -3.36. The van der Waals surface area contributed by atoms with Crippen molar-refractivity contribution in [3.8, 4) is 0 Å². The first kappa shape index (κ1) is 19.9. The third-order valence-corrected chi connectivity index (χ3v) is 5.17. The summed E-state index contributed by atoms with van der Waals surface area (Å²) >= 11 is 0. The van der Waals surface area contributed by atoms with Crippen molar-refractivity contribution >= 4 is 22.4 Å². The van der Waals surface area contributed by atoms with Gasteiger partial charge in [0.2, 0.25) is 0 Å². The number of ether oxygens (including phenoxy) is 1. The molecule has 1 amide bonds. The second-order valence-corrected chi connectivity index (χ2v) is 7.10. The molecule has 2 N–H and O–H groups in total. The fourth-order valence-corrected chi connectivity index (χ4v) is 3.73. The van der Waals surface area contributed by atoms with Crippen LogP contribution in [0.3, 0.4) is 0 Å². The lowest BCUT2D eigenvalue weighted by atomic mass is 10.0. The van der Waals surface area contributed by atoms with E-state index in [0.717, 1.165) is 24.4 Å². The van der Waals surface area contributed by atoms with Gasteiger partial charge in [0.15, 0.2) is 5.69 Å². The van der Waals surface area contributed by atoms with Gasteiger partial charge in [-0.2, -0.15) is 10.2 Å². The van der Waals surface area contributed by atoms with Crippen LogP contribution in [0.15, 0.2) is 64.5 Å². The van der Waals surface area contributed by atoms with Gasteiger partial charge in [-0.05, 0) is 18.6 Å². The Labute approximate surface area is 173 Å². The Balaban J connectivity index is 1.61. The van der Waals surface area contributed by atoms with Crippen LogP contribution in [0.2, 0.25) is 0 Å². The second-order valence-electron chi connectivity index (χ2n) is 7.10. The number of fused-ring (bicyclic) bond motifs is 1. The molecule has 1 aromatic heterocycles. The minimum Gasteiger partial charge on any atom is -0.379 e. The standard InChI is InChI=1S/C22H23N5O3/c1-15(20(16-7-3-2-4-8-16)27-11-13-30-14-12-27)23-26-22(29)19-17-9-5-6-10-18(17)21(28)25-24-19/h2-10,20H,11-14H2,1H3,(H,25,28)(H,26,29)/b23-15-/t20-/m0/s1. The molecule has 0 aliphatic carbocycles. The Morgan fingerprint density at radius 2 is 1.77 bits per heavy atom. The molecule has 1 atom stereocenters. The summed E-state index contributed by atoms with van der Waals surface area (Å²) in [4.78, 5) is 27.0. The van der Waals surface area contributed by atoms with Crippen molar-refractivity contribution in [3.63, 3.8) is 0 Å². The first-order valence-electron chi connectivity index (χ1n) is 9.84. The third kappa shape index (κ3) is 4.14. The Bertz CT molecular complexity index is 1120. The highest BCUT2D eigenvalue weighted by Gasteiger charge is 2.25. The third-order valence-electron chi connectivity index (χ3n) is 5.17. The average molecular weight is 405 g/mol. The van der Waals surface area contributed by atoms with Crippen molar-refractivity contribution in [1.29, 1.82) is 0 Å². The van der Waals surface area contributed by atoms with E-state index in [2.05, 4.69) is 37.8 Å². The van der Waals surface area contributed by atoms with E-state index in [1.54, 1.807) is 24.3 Å². The van der Waals surface area contributed by atoms with E-state index in [9.17, 15) is 9.59 Å². The lowest BCUT2D eigenvalue weighted by Gasteiger charge is -2.34. The van der Waals surface area contributed by atoms with E-state index >= 15 is 0 Å². The van der Waals surface area contributed by atoms with Crippen LogP contribution in [0.4, 0.5) is 0 Å². The minimum absolute atomic E-state index is 0.0734. The molecule has 1 saturated heterocycles. The van der Waals surface area contributed by atoms with Crippen molar-refractivity contribution in [2.45, 2.75) is 13.0 Å². The van der Waals surface area contributed by atoms with Gasteiger partial charge in [-0.25, -0.2) is 10.5 Å². The van der Waals surface area contributed by atoms with E-state index in [0.29, 0.717) is 24.0 Å². The molecular weight excluding hydrogens is 382 g/mol. The molecular formula is C22H23N5O3. The van der Waals surface area contributed by atoms with Crippen LogP contribution in [-0.2, 0) is 4.74 Å².